The zero-order chi connectivity index (χ0) is 16.5. The molecule has 0 saturated carbocycles. The fourth-order valence-corrected chi connectivity index (χ4v) is 2.13. The second kappa shape index (κ2) is 5.51. The van der Waals surface area contributed by atoms with Gasteiger partial charge >= 0.3 is 0 Å². The molecule has 0 spiro atoms. The van der Waals surface area contributed by atoms with Gasteiger partial charge in [-0.1, -0.05) is 0 Å². The summed E-state index contributed by atoms with van der Waals surface area (Å²) in [7, 11) is 0. The number of fused-ring (bicyclic) bond motifs is 2. The summed E-state index contributed by atoms with van der Waals surface area (Å²) >= 11 is 0. The molecule has 1 unspecified atom stereocenters. The van der Waals surface area contributed by atoms with Gasteiger partial charge in [0.25, 0.3) is 11.5 Å². The van der Waals surface area contributed by atoms with Gasteiger partial charge in [-0.2, -0.15) is 10.4 Å². The van der Waals surface area contributed by atoms with Crippen molar-refractivity contribution in [2.75, 3.05) is 10.7 Å². The molecule has 0 aliphatic carbocycles. The fourth-order valence-electron chi connectivity index (χ4n) is 2.13. The van der Waals surface area contributed by atoms with E-state index >= 15 is 0 Å². The zero-order valence-electron chi connectivity index (χ0n) is 11.9. The van der Waals surface area contributed by atoms with E-state index in [9.17, 15) is 9.59 Å². The Morgan fingerprint density at radius 1 is 0.958 bits per heavy atom. The maximum atomic E-state index is 11.9. The van der Waals surface area contributed by atoms with E-state index in [2.05, 4.69) is 51.4 Å². The third-order valence-corrected chi connectivity index (χ3v) is 3.15. The molecule has 0 fully saturated rings. The molecule has 120 valence electrons. The lowest BCUT2D eigenvalue weighted by Gasteiger charge is -2.26. The molecule has 1 amide bonds. The summed E-state index contributed by atoms with van der Waals surface area (Å²) in [5.41, 5.74) is 5.54. The van der Waals surface area contributed by atoms with Gasteiger partial charge in [0.05, 0.1) is 0 Å². The molecule has 4 rings (SSSR count). The molecule has 1 aliphatic rings. The number of carbonyl (C=O) groups excluding carboxylic acids is 1. The van der Waals surface area contributed by atoms with Crippen LogP contribution in [0.3, 0.4) is 0 Å². The van der Waals surface area contributed by atoms with Crippen LogP contribution in [0.25, 0.3) is 11.2 Å². The van der Waals surface area contributed by atoms with Crippen LogP contribution in [-0.4, -0.2) is 42.1 Å². The molecule has 0 radical (unpaired) electrons. The van der Waals surface area contributed by atoms with Crippen LogP contribution >= 0.6 is 0 Å². The molecule has 3 aromatic heterocycles. The SMILES string of the molecule is O=C1NC(NNc2nc3nccnc3c(=O)[nH]2)Nc2nccnc21. The van der Waals surface area contributed by atoms with Crippen molar-refractivity contribution in [1.82, 2.24) is 40.6 Å². The number of hydrogen-bond donors (Lipinski definition) is 5. The highest BCUT2D eigenvalue weighted by Crippen LogP contribution is 2.12. The van der Waals surface area contributed by atoms with Crippen molar-refractivity contribution in [2.24, 2.45) is 0 Å². The van der Waals surface area contributed by atoms with E-state index in [1.165, 1.54) is 24.8 Å². The van der Waals surface area contributed by atoms with Gasteiger partial charge < -0.3 is 10.6 Å². The first-order valence-electron chi connectivity index (χ1n) is 6.82. The second-order valence-corrected chi connectivity index (χ2v) is 4.72. The smallest absolute Gasteiger partial charge is 0.280 e. The van der Waals surface area contributed by atoms with Gasteiger partial charge in [-0.3, -0.25) is 20.0 Å². The van der Waals surface area contributed by atoms with Crippen LogP contribution in [0.2, 0.25) is 0 Å². The first-order chi connectivity index (χ1) is 11.7. The van der Waals surface area contributed by atoms with Gasteiger partial charge in [-0.15, -0.1) is 0 Å². The molecule has 0 saturated heterocycles. The third kappa shape index (κ3) is 2.46. The van der Waals surface area contributed by atoms with Crippen LogP contribution in [0.15, 0.2) is 29.6 Å². The Hall–Kier alpha value is -3.67. The maximum Gasteiger partial charge on any atom is 0.280 e. The second-order valence-electron chi connectivity index (χ2n) is 4.72. The number of nitrogens with one attached hydrogen (secondary N) is 5. The van der Waals surface area contributed by atoms with E-state index in [1.54, 1.807) is 0 Å². The minimum atomic E-state index is -0.690. The van der Waals surface area contributed by atoms with Gasteiger partial charge in [0, 0.05) is 24.8 Å². The number of nitrogens with zero attached hydrogens (tertiary/aromatic N) is 5. The predicted molar refractivity (Wildman–Crippen MR) is 81.6 cm³/mol. The zero-order valence-corrected chi connectivity index (χ0v) is 11.9. The van der Waals surface area contributed by atoms with Gasteiger partial charge in [-0.05, 0) is 0 Å². The number of carbonyl (C=O) groups is 1. The summed E-state index contributed by atoms with van der Waals surface area (Å²) in [5.74, 6) is 0.0716. The summed E-state index contributed by atoms with van der Waals surface area (Å²) in [6.45, 7) is 0. The Morgan fingerprint density at radius 2 is 1.75 bits per heavy atom. The highest BCUT2D eigenvalue weighted by atomic mass is 16.2. The van der Waals surface area contributed by atoms with Crippen LogP contribution in [0.1, 0.15) is 10.5 Å². The third-order valence-electron chi connectivity index (χ3n) is 3.15. The number of hydrogen-bond acceptors (Lipinski definition) is 10. The molecule has 0 aromatic carbocycles. The molecule has 5 N–H and O–H groups in total. The normalized spacial score (nSPS) is 16.2. The van der Waals surface area contributed by atoms with Crippen LogP contribution < -0.4 is 27.0 Å². The standard InChI is InChI=1S/C12H10N10O2/c23-9-5-7(15-3-1-13-5)17-11(19-9)21-22-12-18-8-6(10(24)20-12)14-2-4-16-8/h1-4,11,21H,(H,15,17)(H,19,23)(H2,16,18,20,22,24). The maximum absolute atomic E-state index is 11.9. The van der Waals surface area contributed by atoms with E-state index in [4.69, 9.17) is 0 Å². The number of aromatic nitrogens is 6. The number of amides is 1. The Kier molecular flexibility index (Phi) is 3.20. The van der Waals surface area contributed by atoms with Gasteiger partial charge in [0.1, 0.15) is 0 Å². The first kappa shape index (κ1) is 14.0. The average molecular weight is 326 g/mol. The summed E-state index contributed by atoms with van der Waals surface area (Å²) in [6, 6.07) is 0. The van der Waals surface area contributed by atoms with Crippen LogP contribution in [-0.2, 0) is 0 Å². The van der Waals surface area contributed by atoms with Gasteiger partial charge in [0.15, 0.2) is 29.0 Å². The van der Waals surface area contributed by atoms with Crippen LogP contribution in [0.5, 0.6) is 0 Å². The van der Waals surface area contributed by atoms with E-state index in [1.807, 2.05) is 0 Å². The lowest BCUT2D eigenvalue weighted by atomic mass is 10.3. The molecular formula is C12H10N10O2. The van der Waals surface area contributed by atoms with E-state index in [0.717, 1.165) is 0 Å². The monoisotopic (exact) mass is 326 g/mol. The number of hydrazine groups is 1. The van der Waals surface area contributed by atoms with Crippen molar-refractivity contribution in [3.8, 4) is 0 Å². The predicted octanol–water partition coefficient (Wildman–Crippen LogP) is -1.44. The molecule has 3 aromatic rings. The molecule has 0 bridgehead atoms. The van der Waals surface area contributed by atoms with Crippen LogP contribution in [0, 0.1) is 0 Å². The van der Waals surface area contributed by atoms with Gasteiger partial charge in [0.2, 0.25) is 5.95 Å². The Bertz CT molecular complexity index is 987. The molecular weight excluding hydrogens is 316 g/mol. The summed E-state index contributed by atoms with van der Waals surface area (Å²) in [6.07, 6.45) is 5.05. The quantitative estimate of drug-likeness (QED) is 0.360. The average Bonchev–Trinajstić information content (AvgIpc) is 2.60. The summed E-state index contributed by atoms with van der Waals surface area (Å²) in [4.78, 5) is 46.3. The van der Waals surface area contributed by atoms with Crippen molar-refractivity contribution in [1.29, 1.82) is 0 Å². The summed E-state index contributed by atoms with van der Waals surface area (Å²) in [5, 5.41) is 5.54. The van der Waals surface area contributed by atoms with Crippen molar-refractivity contribution in [3.63, 3.8) is 0 Å². The van der Waals surface area contributed by atoms with Crippen molar-refractivity contribution in [3.05, 3.63) is 40.8 Å². The molecule has 12 heteroatoms. The Balaban J connectivity index is 1.52. The van der Waals surface area contributed by atoms with Crippen molar-refractivity contribution in [2.45, 2.75) is 6.29 Å². The topological polar surface area (TPSA) is 162 Å². The molecule has 12 nitrogen and oxygen atoms in total. The highest BCUT2D eigenvalue weighted by Gasteiger charge is 2.25. The van der Waals surface area contributed by atoms with E-state index < -0.39 is 11.8 Å². The largest absolute Gasteiger partial charge is 0.334 e. The first-order valence-corrected chi connectivity index (χ1v) is 6.82. The number of rotatable bonds is 3. The summed E-state index contributed by atoms with van der Waals surface area (Å²) < 4.78 is 0. The molecule has 4 heterocycles. The molecule has 1 atom stereocenters. The van der Waals surface area contributed by atoms with Gasteiger partial charge in [-0.25, -0.2) is 19.9 Å². The van der Waals surface area contributed by atoms with Crippen molar-refractivity contribution >= 4 is 28.8 Å². The lowest BCUT2D eigenvalue weighted by Crippen LogP contribution is -2.56. The minimum Gasteiger partial charge on any atom is -0.334 e. The Labute approximate surface area is 133 Å². The van der Waals surface area contributed by atoms with E-state index in [-0.39, 0.29) is 28.7 Å². The molecule has 24 heavy (non-hydrogen) atoms. The van der Waals surface area contributed by atoms with Crippen LogP contribution in [0.4, 0.5) is 11.8 Å². The number of anilines is 2. The number of aromatic amines is 1. The minimum absolute atomic E-state index is 0.119. The fraction of sp³-hybridized carbons (Fsp3) is 0.0833. The lowest BCUT2D eigenvalue weighted by molar-refractivity contribution is 0.0924. The molecule has 1 aliphatic heterocycles. The Morgan fingerprint density at radius 3 is 2.67 bits per heavy atom. The highest BCUT2D eigenvalue weighted by molar-refractivity contribution is 5.98. The number of H-pyrrole nitrogens is 1. The van der Waals surface area contributed by atoms with Crippen molar-refractivity contribution < 1.29 is 4.79 Å². The van der Waals surface area contributed by atoms with E-state index in [0.29, 0.717) is 5.82 Å².